The molecule has 178 valence electrons. The Morgan fingerprint density at radius 2 is 1.54 bits per heavy atom. The summed E-state index contributed by atoms with van der Waals surface area (Å²) in [5.41, 5.74) is 9.42. The average Bonchev–Trinajstić information content (AvgIpc) is 3.12. The molecule has 0 bridgehead atoms. The van der Waals surface area contributed by atoms with Gasteiger partial charge in [0.1, 0.15) is 0 Å². The van der Waals surface area contributed by atoms with Crippen LogP contribution >= 0.6 is 35.0 Å². The molecule has 0 atom stereocenters. The van der Waals surface area contributed by atoms with Crippen LogP contribution < -0.4 is 5.43 Å². The highest BCUT2D eigenvalue weighted by Crippen LogP contribution is 2.26. The third-order valence-electron chi connectivity index (χ3n) is 5.54. The molecule has 4 nitrogen and oxygen atoms in total. The molecular formula is C28H25Cl2N3OS. The van der Waals surface area contributed by atoms with Gasteiger partial charge in [0.2, 0.25) is 0 Å². The van der Waals surface area contributed by atoms with Crippen LogP contribution in [0.2, 0.25) is 10.0 Å². The molecule has 1 heterocycles. The quantitative estimate of drug-likeness (QED) is 0.191. The van der Waals surface area contributed by atoms with Crippen molar-refractivity contribution in [3.05, 3.63) is 123 Å². The van der Waals surface area contributed by atoms with E-state index in [0.29, 0.717) is 15.6 Å². The third-order valence-corrected chi connectivity index (χ3v) is 7.05. The van der Waals surface area contributed by atoms with E-state index in [1.807, 2.05) is 74.1 Å². The van der Waals surface area contributed by atoms with Gasteiger partial charge in [-0.15, -0.1) is 0 Å². The van der Waals surface area contributed by atoms with Crippen LogP contribution in [0.15, 0.2) is 84.0 Å². The van der Waals surface area contributed by atoms with Gasteiger partial charge in [-0.3, -0.25) is 4.79 Å². The summed E-state index contributed by atoms with van der Waals surface area (Å²) in [6.07, 6.45) is 1.65. The fourth-order valence-corrected chi connectivity index (χ4v) is 5.30. The molecule has 0 fully saturated rings. The number of nitrogens with zero attached hydrogens (tertiary/aromatic N) is 2. The predicted molar refractivity (Wildman–Crippen MR) is 148 cm³/mol. The first-order valence-electron chi connectivity index (χ1n) is 11.1. The van der Waals surface area contributed by atoms with Gasteiger partial charge in [-0.1, -0.05) is 65.7 Å². The molecule has 1 amide bonds. The Bertz CT molecular complexity index is 1330. The number of halogens is 2. The van der Waals surface area contributed by atoms with Crippen LogP contribution in [0.3, 0.4) is 0 Å². The topological polar surface area (TPSA) is 46.4 Å². The molecule has 3 aromatic carbocycles. The molecule has 1 aromatic heterocycles. The minimum Gasteiger partial charge on any atom is -0.318 e. The van der Waals surface area contributed by atoms with Gasteiger partial charge in [0.25, 0.3) is 5.91 Å². The van der Waals surface area contributed by atoms with Crippen molar-refractivity contribution in [2.75, 3.05) is 0 Å². The van der Waals surface area contributed by atoms with Crippen molar-refractivity contribution in [1.82, 2.24) is 9.99 Å². The van der Waals surface area contributed by atoms with E-state index in [1.54, 1.807) is 12.3 Å². The normalized spacial score (nSPS) is 11.2. The van der Waals surface area contributed by atoms with Gasteiger partial charge in [0, 0.05) is 49.8 Å². The highest BCUT2D eigenvalue weighted by atomic mass is 35.5. The number of benzene rings is 3. The Labute approximate surface area is 220 Å². The van der Waals surface area contributed by atoms with Crippen LogP contribution in [-0.2, 0) is 11.5 Å². The summed E-state index contributed by atoms with van der Waals surface area (Å²) in [7, 11) is 0. The summed E-state index contributed by atoms with van der Waals surface area (Å²) in [6.45, 7) is 3.98. The van der Waals surface area contributed by atoms with Crippen LogP contribution in [-0.4, -0.2) is 16.7 Å². The minimum absolute atomic E-state index is 0.250. The third kappa shape index (κ3) is 6.57. The van der Waals surface area contributed by atoms with Gasteiger partial charge in [0.05, 0.1) is 6.21 Å². The first-order chi connectivity index (χ1) is 16.9. The maximum Gasteiger partial charge on any atom is 0.271 e. The molecular weight excluding hydrogens is 497 g/mol. The predicted octanol–water partition coefficient (Wildman–Crippen LogP) is 7.60. The van der Waals surface area contributed by atoms with Crippen molar-refractivity contribution in [1.29, 1.82) is 0 Å². The number of carbonyl (C=O) groups is 1. The van der Waals surface area contributed by atoms with E-state index in [-0.39, 0.29) is 5.91 Å². The van der Waals surface area contributed by atoms with E-state index in [0.717, 1.165) is 34.1 Å². The largest absolute Gasteiger partial charge is 0.318 e. The lowest BCUT2D eigenvalue weighted by molar-refractivity contribution is 0.0955. The number of aromatic nitrogens is 1. The van der Waals surface area contributed by atoms with Crippen molar-refractivity contribution in [3.63, 3.8) is 0 Å². The number of hydrazone groups is 1. The molecule has 0 unspecified atom stereocenters. The minimum atomic E-state index is -0.250. The Morgan fingerprint density at radius 3 is 2.20 bits per heavy atom. The number of rotatable bonds is 8. The number of hydrogen-bond acceptors (Lipinski definition) is 3. The molecule has 4 rings (SSSR count). The van der Waals surface area contributed by atoms with Crippen molar-refractivity contribution < 1.29 is 4.79 Å². The van der Waals surface area contributed by atoms with E-state index in [9.17, 15) is 4.79 Å². The van der Waals surface area contributed by atoms with E-state index in [1.165, 1.54) is 11.1 Å². The molecule has 0 saturated carbocycles. The number of thioether (sulfide) groups is 1. The lowest BCUT2D eigenvalue weighted by Crippen LogP contribution is -2.17. The summed E-state index contributed by atoms with van der Waals surface area (Å²) in [4.78, 5) is 12.5. The molecule has 35 heavy (non-hydrogen) atoms. The monoisotopic (exact) mass is 521 g/mol. The second kappa shape index (κ2) is 11.6. The second-order valence-electron chi connectivity index (χ2n) is 8.16. The van der Waals surface area contributed by atoms with Crippen molar-refractivity contribution >= 4 is 47.1 Å². The fourth-order valence-electron chi connectivity index (χ4n) is 3.82. The van der Waals surface area contributed by atoms with Crippen LogP contribution in [0.25, 0.3) is 5.69 Å². The van der Waals surface area contributed by atoms with Crippen LogP contribution in [0, 0.1) is 13.8 Å². The van der Waals surface area contributed by atoms with Crippen molar-refractivity contribution in [2.45, 2.75) is 25.4 Å². The van der Waals surface area contributed by atoms with Crippen LogP contribution in [0.1, 0.15) is 38.4 Å². The Balaban J connectivity index is 1.35. The maximum atomic E-state index is 12.5. The molecule has 4 aromatic rings. The second-order valence-corrected chi connectivity index (χ2v) is 10.0. The maximum absolute atomic E-state index is 12.5. The molecule has 7 heteroatoms. The smallest absolute Gasteiger partial charge is 0.271 e. The Hall–Kier alpha value is -2.99. The summed E-state index contributed by atoms with van der Waals surface area (Å²) in [5.74, 6) is 1.60. The molecule has 0 saturated heterocycles. The lowest BCUT2D eigenvalue weighted by atomic mass is 10.1. The number of aryl methyl sites for hydroxylation is 1. The van der Waals surface area contributed by atoms with E-state index in [4.69, 9.17) is 23.2 Å². The van der Waals surface area contributed by atoms with Gasteiger partial charge >= 0.3 is 0 Å². The summed E-state index contributed by atoms with van der Waals surface area (Å²) in [6, 6.07) is 25.5. The summed E-state index contributed by atoms with van der Waals surface area (Å²) < 4.78 is 2.05. The summed E-state index contributed by atoms with van der Waals surface area (Å²) >= 11 is 14.2. The lowest BCUT2D eigenvalue weighted by Gasteiger charge is -2.10. The van der Waals surface area contributed by atoms with Gasteiger partial charge in [-0.2, -0.15) is 16.9 Å². The number of hydrogen-bond donors (Lipinski definition) is 1. The van der Waals surface area contributed by atoms with Crippen molar-refractivity contribution in [2.24, 2.45) is 5.10 Å². The highest BCUT2D eigenvalue weighted by molar-refractivity contribution is 7.97. The number of carbonyl (C=O) groups excluding carboxylic acids is 1. The van der Waals surface area contributed by atoms with E-state index in [2.05, 4.69) is 39.4 Å². The molecule has 0 aliphatic heterocycles. The van der Waals surface area contributed by atoms with Crippen LogP contribution in [0.4, 0.5) is 0 Å². The molecule has 0 spiro atoms. The zero-order valence-electron chi connectivity index (χ0n) is 19.5. The Morgan fingerprint density at radius 1 is 0.914 bits per heavy atom. The van der Waals surface area contributed by atoms with E-state index < -0.39 is 0 Å². The zero-order valence-corrected chi connectivity index (χ0v) is 21.8. The van der Waals surface area contributed by atoms with Gasteiger partial charge in [-0.05, 0) is 61.4 Å². The van der Waals surface area contributed by atoms with Gasteiger partial charge in [0.15, 0.2) is 0 Å². The molecule has 0 aliphatic rings. The first kappa shape index (κ1) is 25.1. The number of nitrogens with one attached hydrogen (secondary N) is 1. The Kier molecular flexibility index (Phi) is 8.34. The van der Waals surface area contributed by atoms with Crippen LogP contribution in [0.5, 0.6) is 0 Å². The SMILES string of the molecule is Cc1cc(/C=N\NC(=O)c2ccc(CSCc3ccccc3)cc2)c(C)n1-c1cc(Cl)cc(Cl)c1. The first-order valence-corrected chi connectivity index (χ1v) is 13.0. The molecule has 0 radical (unpaired) electrons. The zero-order chi connectivity index (χ0) is 24.8. The molecule has 0 aliphatic carbocycles. The van der Waals surface area contributed by atoms with Crippen molar-refractivity contribution in [3.8, 4) is 5.69 Å². The summed E-state index contributed by atoms with van der Waals surface area (Å²) in [5, 5.41) is 5.32. The fraction of sp³-hybridized carbons (Fsp3) is 0.143. The number of amides is 1. The average molecular weight is 523 g/mol. The van der Waals surface area contributed by atoms with Gasteiger partial charge in [-0.25, -0.2) is 5.43 Å². The molecule has 1 N–H and O–H groups in total. The highest BCUT2D eigenvalue weighted by Gasteiger charge is 2.11. The van der Waals surface area contributed by atoms with Gasteiger partial charge < -0.3 is 4.57 Å². The van der Waals surface area contributed by atoms with E-state index >= 15 is 0 Å². The standard InChI is InChI=1S/C28H25Cl2N3OS/c1-19-12-24(20(2)33(19)27-14-25(29)13-26(30)15-27)16-31-32-28(34)23-10-8-22(9-11-23)18-35-17-21-6-4-3-5-7-21/h3-16H,17-18H2,1-2H3,(H,32,34)/b31-16-.